The minimum atomic E-state index is 0.429. The number of aliphatic imine (C=N–C) groups is 1. The van der Waals surface area contributed by atoms with Gasteiger partial charge in [0.05, 0.1) is 0 Å². The summed E-state index contributed by atoms with van der Waals surface area (Å²) in [6.45, 7) is 1.04. The monoisotopic (exact) mass is 252 g/mol. The molecule has 0 aromatic carbocycles. The van der Waals surface area contributed by atoms with Gasteiger partial charge in [0.15, 0.2) is 5.17 Å². The molecule has 0 aromatic heterocycles. The van der Waals surface area contributed by atoms with E-state index in [1.54, 1.807) is 0 Å². The Labute approximate surface area is 109 Å². The summed E-state index contributed by atoms with van der Waals surface area (Å²) in [5.41, 5.74) is 0.429. The summed E-state index contributed by atoms with van der Waals surface area (Å²) < 4.78 is 0. The molecule has 1 aliphatic heterocycles. The minimum Gasteiger partial charge on any atom is -0.359 e. The highest BCUT2D eigenvalue weighted by Gasteiger charge is 2.37. The van der Waals surface area contributed by atoms with Gasteiger partial charge in [-0.25, -0.2) is 0 Å². The fourth-order valence-electron chi connectivity index (χ4n) is 3.06. The lowest BCUT2D eigenvalue weighted by molar-refractivity contribution is 0.303. The van der Waals surface area contributed by atoms with Crippen LogP contribution in [0.1, 0.15) is 57.8 Å². The fourth-order valence-corrected chi connectivity index (χ4v) is 4.30. The van der Waals surface area contributed by atoms with Crippen molar-refractivity contribution in [3.8, 4) is 0 Å². The largest absolute Gasteiger partial charge is 0.359 e. The SMILES string of the molecule is C1CCC2(CC1)CSC(=NCCCC1CC1)N2. The Kier molecular flexibility index (Phi) is 3.64. The van der Waals surface area contributed by atoms with E-state index in [1.165, 1.54) is 68.7 Å². The van der Waals surface area contributed by atoms with Gasteiger partial charge in [-0.2, -0.15) is 0 Å². The number of nitrogens with zero attached hydrogens (tertiary/aromatic N) is 1. The highest BCUT2D eigenvalue weighted by Crippen LogP contribution is 2.36. The third-order valence-electron chi connectivity index (χ3n) is 4.39. The van der Waals surface area contributed by atoms with E-state index in [4.69, 9.17) is 4.99 Å². The Morgan fingerprint density at radius 2 is 2.06 bits per heavy atom. The quantitative estimate of drug-likeness (QED) is 0.774. The molecule has 0 atom stereocenters. The molecule has 96 valence electrons. The van der Waals surface area contributed by atoms with Gasteiger partial charge in [0.1, 0.15) is 0 Å². The summed E-state index contributed by atoms with van der Waals surface area (Å²) in [4.78, 5) is 4.74. The Balaban J connectivity index is 1.43. The molecular formula is C14H24N2S. The molecule has 3 rings (SSSR count). The molecule has 3 heteroatoms. The van der Waals surface area contributed by atoms with Crippen molar-refractivity contribution in [2.24, 2.45) is 10.9 Å². The van der Waals surface area contributed by atoms with Crippen molar-refractivity contribution in [1.82, 2.24) is 5.32 Å². The molecule has 0 aromatic rings. The average Bonchev–Trinajstić information content (AvgIpc) is 3.10. The lowest BCUT2D eigenvalue weighted by atomic mass is 9.83. The summed E-state index contributed by atoms with van der Waals surface area (Å²) in [5.74, 6) is 2.32. The van der Waals surface area contributed by atoms with E-state index >= 15 is 0 Å². The fraction of sp³-hybridized carbons (Fsp3) is 0.929. The van der Waals surface area contributed by atoms with Crippen molar-refractivity contribution in [2.75, 3.05) is 12.3 Å². The molecule has 1 spiro atoms. The summed E-state index contributed by atoms with van der Waals surface area (Å²) in [7, 11) is 0. The third kappa shape index (κ3) is 3.18. The Morgan fingerprint density at radius 3 is 2.82 bits per heavy atom. The lowest BCUT2D eigenvalue weighted by Gasteiger charge is -2.32. The number of rotatable bonds is 4. The van der Waals surface area contributed by atoms with Crippen LogP contribution >= 0.6 is 11.8 Å². The van der Waals surface area contributed by atoms with Gasteiger partial charge in [0.2, 0.25) is 0 Å². The highest BCUT2D eigenvalue weighted by molar-refractivity contribution is 8.14. The van der Waals surface area contributed by atoms with Crippen molar-refractivity contribution >= 4 is 16.9 Å². The van der Waals surface area contributed by atoms with E-state index in [-0.39, 0.29) is 0 Å². The van der Waals surface area contributed by atoms with Crippen LogP contribution in [0.25, 0.3) is 0 Å². The zero-order chi connectivity index (χ0) is 11.6. The first-order valence-corrected chi connectivity index (χ1v) is 8.30. The van der Waals surface area contributed by atoms with Crippen LogP contribution in [-0.4, -0.2) is 23.0 Å². The predicted octanol–water partition coefficient (Wildman–Crippen LogP) is 3.57. The topological polar surface area (TPSA) is 24.4 Å². The molecule has 1 N–H and O–H groups in total. The Hall–Kier alpha value is -0.180. The Morgan fingerprint density at radius 1 is 1.24 bits per heavy atom. The van der Waals surface area contributed by atoms with Crippen LogP contribution in [0.4, 0.5) is 0 Å². The van der Waals surface area contributed by atoms with E-state index in [9.17, 15) is 0 Å². The smallest absolute Gasteiger partial charge is 0.157 e. The van der Waals surface area contributed by atoms with E-state index < -0.39 is 0 Å². The van der Waals surface area contributed by atoms with Gasteiger partial charge in [0, 0.05) is 17.8 Å². The van der Waals surface area contributed by atoms with Crippen molar-refractivity contribution in [3.63, 3.8) is 0 Å². The van der Waals surface area contributed by atoms with Crippen LogP contribution in [0, 0.1) is 5.92 Å². The summed E-state index contributed by atoms with van der Waals surface area (Å²) in [6, 6.07) is 0. The van der Waals surface area contributed by atoms with Crippen LogP contribution in [0.3, 0.4) is 0 Å². The van der Waals surface area contributed by atoms with Crippen LogP contribution in [0.15, 0.2) is 4.99 Å². The normalized spacial score (nSPS) is 29.8. The first kappa shape index (κ1) is 11.9. The van der Waals surface area contributed by atoms with Gasteiger partial charge in [-0.1, -0.05) is 43.9 Å². The molecule has 3 aliphatic rings. The molecule has 1 heterocycles. The predicted molar refractivity (Wildman–Crippen MR) is 75.7 cm³/mol. The van der Waals surface area contributed by atoms with E-state index in [2.05, 4.69) is 5.32 Å². The molecule has 17 heavy (non-hydrogen) atoms. The first-order chi connectivity index (χ1) is 8.36. The second-order valence-electron chi connectivity index (χ2n) is 6.03. The van der Waals surface area contributed by atoms with Gasteiger partial charge in [-0.3, -0.25) is 4.99 Å². The summed E-state index contributed by atoms with van der Waals surface area (Å²) >= 11 is 1.96. The number of amidine groups is 1. The molecule has 3 fully saturated rings. The van der Waals surface area contributed by atoms with E-state index in [1.807, 2.05) is 11.8 Å². The van der Waals surface area contributed by atoms with Crippen LogP contribution in [0.2, 0.25) is 0 Å². The lowest BCUT2D eigenvalue weighted by Crippen LogP contribution is -2.45. The zero-order valence-electron chi connectivity index (χ0n) is 10.7. The third-order valence-corrected chi connectivity index (χ3v) is 5.59. The molecule has 0 bridgehead atoms. The zero-order valence-corrected chi connectivity index (χ0v) is 11.5. The molecule has 0 amide bonds. The molecule has 2 aliphatic carbocycles. The Bertz CT molecular complexity index is 291. The molecular weight excluding hydrogens is 228 g/mol. The van der Waals surface area contributed by atoms with Crippen LogP contribution in [0.5, 0.6) is 0 Å². The van der Waals surface area contributed by atoms with Crippen molar-refractivity contribution in [1.29, 1.82) is 0 Å². The molecule has 2 nitrogen and oxygen atoms in total. The van der Waals surface area contributed by atoms with E-state index in [0.29, 0.717) is 5.54 Å². The molecule has 0 radical (unpaired) electrons. The highest BCUT2D eigenvalue weighted by atomic mass is 32.2. The number of thioether (sulfide) groups is 1. The molecule has 0 unspecified atom stereocenters. The van der Waals surface area contributed by atoms with E-state index in [0.717, 1.165) is 12.5 Å². The van der Waals surface area contributed by atoms with Crippen LogP contribution in [-0.2, 0) is 0 Å². The van der Waals surface area contributed by atoms with Gasteiger partial charge in [-0.15, -0.1) is 0 Å². The minimum absolute atomic E-state index is 0.429. The summed E-state index contributed by atoms with van der Waals surface area (Å²) in [6.07, 6.45) is 12.6. The van der Waals surface area contributed by atoms with Gasteiger partial charge in [0.25, 0.3) is 0 Å². The average molecular weight is 252 g/mol. The maximum absolute atomic E-state index is 4.74. The second-order valence-corrected chi connectivity index (χ2v) is 6.99. The first-order valence-electron chi connectivity index (χ1n) is 7.32. The van der Waals surface area contributed by atoms with Gasteiger partial charge in [-0.05, 0) is 31.6 Å². The second kappa shape index (κ2) is 5.21. The number of hydrogen-bond donors (Lipinski definition) is 1. The maximum Gasteiger partial charge on any atom is 0.157 e. The maximum atomic E-state index is 4.74. The van der Waals surface area contributed by atoms with Gasteiger partial charge < -0.3 is 5.32 Å². The standard InChI is InChI=1S/C14H24N2S/c1-2-8-14(9-3-1)11-17-13(16-14)15-10-4-5-12-6-7-12/h12H,1-11H2,(H,15,16). The van der Waals surface area contributed by atoms with Gasteiger partial charge >= 0.3 is 0 Å². The summed E-state index contributed by atoms with van der Waals surface area (Å²) in [5, 5.41) is 4.96. The molecule has 1 saturated heterocycles. The van der Waals surface area contributed by atoms with Crippen molar-refractivity contribution < 1.29 is 0 Å². The number of nitrogens with one attached hydrogen (secondary N) is 1. The van der Waals surface area contributed by atoms with Crippen molar-refractivity contribution in [3.05, 3.63) is 0 Å². The molecule has 2 saturated carbocycles. The van der Waals surface area contributed by atoms with Crippen molar-refractivity contribution in [2.45, 2.75) is 63.3 Å². The number of hydrogen-bond acceptors (Lipinski definition) is 2. The van der Waals surface area contributed by atoms with Crippen LogP contribution < -0.4 is 5.32 Å².